The summed E-state index contributed by atoms with van der Waals surface area (Å²) in [4.78, 5) is 28.0. The molecule has 0 N–H and O–H groups in total. The third-order valence-electron chi connectivity index (χ3n) is 2.66. The molecule has 6 heteroatoms. The molecule has 0 radical (unpaired) electrons. The van der Waals surface area contributed by atoms with Crippen LogP contribution in [-0.2, 0) is 13.6 Å². The normalized spacial score (nSPS) is 10.6. The Labute approximate surface area is 118 Å². The first-order valence-corrected chi connectivity index (χ1v) is 6.44. The van der Waals surface area contributed by atoms with Crippen molar-refractivity contribution < 1.29 is 4.79 Å². The molecule has 2 aromatic rings. The Kier molecular flexibility index (Phi) is 3.65. The molecule has 0 spiro atoms. The van der Waals surface area contributed by atoms with Gasteiger partial charge in [0.25, 0.3) is 5.56 Å². The summed E-state index contributed by atoms with van der Waals surface area (Å²) in [6.45, 7) is 1.74. The van der Waals surface area contributed by atoms with Gasteiger partial charge in [0.2, 0.25) is 0 Å². The number of rotatable bonds is 3. The third kappa shape index (κ3) is 2.53. The average Bonchev–Trinajstić information content (AvgIpc) is 2.76. The molecule has 0 bridgehead atoms. The highest BCUT2D eigenvalue weighted by atomic mass is 127. The van der Waals surface area contributed by atoms with E-state index in [1.54, 1.807) is 30.0 Å². The smallest absolute Gasteiger partial charge is 0.267 e. The number of ketones is 1. The number of Topliss-reactive ketones (excluding diaryl/α,β-unsaturated/α-hetero) is 1. The van der Waals surface area contributed by atoms with Crippen molar-refractivity contribution in [2.24, 2.45) is 7.05 Å². The van der Waals surface area contributed by atoms with Crippen LogP contribution in [-0.4, -0.2) is 19.9 Å². The van der Waals surface area contributed by atoms with E-state index in [4.69, 9.17) is 0 Å². The monoisotopic (exact) mass is 357 g/mol. The fraction of sp³-hybridized carbons (Fsp3) is 0.250. The van der Waals surface area contributed by atoms with Crippen molar-refractivity contribution in [2.75, 3.05) is 0 Å². The molecular formula is C12H12IN3O2. The van der Waals surface area contributed by atoms with Crippen molar-refractivity contribution >= 4 is 28.4 Å². The van der Waals surface area contributed by atoms with Gasteiger partial charge in [0.05, 0.1) is 10.1 Å². The lowest BCUT2D eigenvalue weighted by molar-refractivity contribution is 0.0969. The van der Waals surface area contributed by atoms with Gasteiger partial charge in [0.1, 0.15) is 5.82 Å². The fourth-order valence-corrected chi connectivity index (χ4v) is 2.07. The molecule has 0 aliphatic carbocycles. The second-order valence-electron chi connectivity index (χ2n) is 4.03. The molecule has 0 amide bonds. The second kappa shape index (κ2) is 5.05. The van der Waals surface area contributed by atoms with Crippen molar-refractivity contribution in [2.45, 2.75) is 13.5 Å². The van der Waals surface area contributed by atoms with E-state index >= 15 is 0 Å². The zero-order valence-electron chi connectivity index (χ0n) is 10.1. The summed E-state index contributed by atoms with van der Waals surface area (Å²) in [6, 6.07) is 1.74. The van der Waals surface area contributed by atoms with Crippen LogP contribution in [0.3, 0.4) is 0 Å². The largest absolute Gasteiger partial charge is 0.357 e. The molecular weight excluding hydrogens is 345 g/mol. The summed E-state index contributed by atoms with van der Waals surface area (Å²) in [5, 5.41) is 0. The Hall–Kier alpha value is -1.44. The van der Waals surface area contributed by atoms with E-state index in [-0.39, 0.29) is 17.9 Å². The molecule has 0 saturated heterocycles. The standard InChI is InChI=1S/C12H12IN3O2/c1-8-14-5-10(13)12(18)16(8)7-11(17)9-3-4-15(2)6-9/h3-6H,7H2,1-2H3. The van der Waals surface area contributed by atoms with E-state index in [9.17, 15) is 9.59 Å². The highest BCUT2D eigenvalue weighted by molar-refractivity contribution is 14.1. The van der Waals surface area contributed by atoms with Crippen LogP contribution in [0.1, 0.15) is 16.2 Å². The summed E-state index contributed by atoms with van der Waals surface area (Å²) >= 11 is 1.92. The molecule has 0 saturated carbocycles. The van der Waals surface area contributed by atoms with Crippen LogP contribution in [0.2, 0.25) is 0 Å². The predicted octanol–water partition coefficient (Wildman–Crippen LogP) is 1.38. The van der Waals surface area contributed by atoms with Crippen LogP contribution in [0, 0.1) is 10.5 Å². The first kappa shape index (κ1) is 13.0. The minimum absolute atomic E-state index is 0.0263. The molecule has 0 aliphatic rings. The lowest BCUT2D eigenvalue weighted by Crippen LogP contribution is -2.28. The lowest BCUT2D eigenvalue weighted by atomic mass is 10.2. The van der Waals surface area contributed by atoms with Gasteiger partial charge in [-0.05, 0) is 35.6 Å². The number of nitrogens with zero attached hydrogens (tertiary/aromatic N) is 3. The SMILES string of the molecule is Cc1ncc(I)c(=O)n1CC(=O)c1ccn(C)c1. The maximum atomic E-state index is 12.0. The minimum Gasteiger partial charge on any atom is -0.357 e. The molecule has 2 aromatic heterocycles. The number of carbonyl (C=O) groups excluding carboxylic acids is 1. The fourth-order valence-electron chi connectivity index (χ4n) is 1.64. The number of aryl methyl sites for hydroxylation is 2. The van der Waals surface area contributed by atoms with Gasteiger partial charge in [-0.25, -0.2) is 4.98 Å². The summed E-state index contributed by atoms with van der Waals surface area (Å²) in [6.07, 6.45) is 5.06. The summed E-state index contributed by atoms with van der Waals surface area (Å²) in [7, 11) is 1.85. The number of hydrogen-bond acceptors (Lipinski definition) is 3. The number of hydrogen-bond donors (Lipinski definition) is 0. The topological polar surface area (TPSA) is 56.9 Å². The quantitative estimate of drug-likeness (QED) is 0.616. The zero-order valence-corrected chi connectivity index (χ0v) is 12.2. The molecule has 2 heterocycles. The maximum Gasteiger partial charge on any atom is 0.267 e. The van der Waals surface area contributed by atoms with Gasteiger partial charge in [-0.2, -0.15) is 0 Å². The average molecular weight is 357 g/mol. The molecule has 18 heavy (non-hydrogen) atoms. The van der Waals surface area contributed by atoms with Crippen molar-refractivity contribution in [1.29, 1.82) is 0 Å². The minimum atomic E-state index is -0.174. The van der Waals surface area contributed by atoms with Gasteiger partial charge in [-0.3, -0.25) is 14.2 Å². The molecule has 0 atom stereocenters. The van der Waals surface area contributed by atoms with Gasteiger partial charge in [0, 0.05) is 31.2 Å². The highest BCUT2D eigenvalue weighted by Crippen LogP contribution is 2.04. The zero-order chi connectivity index (χ0) is 13.3. The Morgan fingerprint density at radius 1 is 1.50 bits per heavy atom. The Balaban J connectivity index is 2.33. The molecule has 2 rings (SSSR count). The Morgan fingerprint density at radius 3 is 2.83 bits per heavy atom. The van der Waals surface area contributed by atoms with E-state index in [2.05, 4.69) is 4.98 Å². The van der Waals surface area contributed by atoms with E-state index in [0.717, 1.165) is 0 Å². The van der Waals surface area contributed by atoms with Gasteiger partial charge < -0.3 is 4.57 Å². The Morgan fingerprint density at radius 2 is 2.22 bits per heavy atom. The second-order valence-corrected chi connectivity index (χ2v) is 5.20. The van der Waals surface area contributed by atoms with Crippen molar-refractivity contribution in [3.63, 3.8) is 0 Å². The van der Waals surface area contributed by atoms with E-state index in [1.807, 2.05) is 29.6 Å². The first-order chi connectivity index (χ1) is 8.49. The first-order valence-electron chi connectivity index (χ1n) is 5.36. The molecule has 5 nitrogen and oxygen atoms in total. The van der Waals surface area contributed by atoms with Gasteiger partial charge in [0.15, 0.2) is 5.78 Å². The maximum absolute atomic E-state index is 12.0. The molecule has 0 fully saturated rings. The van der Waals surface area contributed by atoms with Crippen molar-refractivity contribution in [3.05, 3.63) is 50.0 Å². The summed E-state index contributed by atoms with van der Waals surface area (Å²) < 4.78 is 3.71. The van der Waals surface area contributed by atoms with Crippen LogP contribution in [0.5, 0.6) is 0 Å². The predicted molar refractivity (Wildman–Crippen MR) is 75.7 cm³/mol. The van der Waals surface area contributed by atoms with Gasteiger partial charge in [-0.1, -0.05) is 0 Å². The third-order valence-corrected chi connectivity index (χ3v) is 3.40. The number of halogens is 1. The van der Waals surface area contributed by atoms with Crippen molar-refractivity contribution in [1.82, 2.24) is 14.1 Å². The van der Waals surface area contributed by atoms with E-state index in [1.165, 1.54) is 10.8 Å². The van der Waals surface area contributed by atoms with Crippen LogP contribution < -0.4 is 5.56 Å². The van der Waals surface area contributed by atoms with Crippen LogP contribution in [0.25, 0.3) is 0 Å². The van der Waals surface area contributed by atoms with Crippen LogP contribution in [0.15, 0.2) is 29.5 Å². The molecule has 0 aromatic carbocycles. The van der Waals surface area contributed by atoms with E-state index in [0.29, 0.717) is 15.0 Å². The van der Waals surface area contributed by atoms with Crippen LogP contribution >= 0.6 is 22.6 Å². The highest BCUT2D eigenvalue weighted by Gasteiger charge is 2.12. The Bertz CT molecular complexity index is 658. The number of aromatic nitrogens is 3. The lowest BCUT2D eigenvalue weighted by Gasteiger charge is -2.07. The summed E-state index contributed by atoms with van der Waals surface area (Å²) in [5.74, 6) is 0.453. The van der Waals surface area contributed by atoms with Crippen molar-refractivity contribution in [3.8, 4) is 0 Å². The molecule has 94 valence electrons. The van der Waals surface area contributed by atoms with E-state index < -0.39 is 0 Å². The molecule has 0 unspecified atom stereocenters. The van der Waals surface area contributed by atoms with Gasteiger partial charge in [-0.15, -0.1) is 0 Å². The number of carbonyl (C=O) groups is 1. The van der Waals surface area contributed by atoms with Crippen LogP contribution in [0.4, 0.5) is 0 Å². The molecule has 0 aliphatic heterocycles. The summed E-state index contributed by atoms with van der Waals surface area (Å²) in [5.41, 5.74) is 0.426. The van der Waals surface area contributed by atoms with Gasteiger partial charge >= 0.3 is 0 Å².